The van der Waals surface area contributed by atoms with E-state index in [1.807, 2.05) is 12.1 Å². The molecule has 0 aliphatic carbocycles. The van der Waals surface area contributed by atoms with E-state index in [-0.39, 0.29) is 17.9 Å². The average molecular weight is 607 g/mol. The maximum Gasteiger partial charge on any atom is 0.350 e. The Morgan fingerprint density at radius 2 is 1.52 bits per heavy atom. The Hall–Kier alpha value is -5.11. The second-order valence-corrected chi connectivity index (χ2v) is 10.5. The first kappa shape index (κ1) is 29.0. The summed E-state index contributed by atoms with van der Waals surface area (Å²) in [5, 5.41) is 19.7. The van der Waals surface area contributed by atoms with E-state index in [1.54, 1.807) is 25.3 Å². The van der Waals surface area contributed by atoms with Gasteiger partial charge in [-0.3, -0.25) is 0 Å². The molecule has 1 aliphatic heterocycles. The maximum absolute atomic E-state index is 14.8. The zero-order chi connectivity index (χ0) is 30.8. The first-order valence-electron chi connectivity index (χ1n) is 13.8. The molecule has 0 saturated carbocycles. The Labute approximate surface area is 250 Å². The number of methoxy groups -OCH3 is 1. The third-order valence-corrected chi connectivity index (χ3v) is 7.72. The number of halogens is 3. The zero-order valence-corrected chi connectivity index (χ0v) is 23.7. The Bertz CT molecular complexity index is 1800. The molecule has 0 bridgehead atoms. The second-order valence-electron chi connectivity index (χ2n) is 10.5. The van der Waals surface area contributed by atoms with E-state index in [4.69, 9.17) is 4.74 Å². The number of rotatable bonds is 9. The van der Waals surface area contributed by atoms with Crippen LogP contribution in [0.5, 0.6) is 5.75 Å². The van der Waals surface area contributed by atoms with Crippen LogP contribution in [-0.2, 0) is 18.7 Å². The lowest BCUT2D eigenvalue weighted by molar-refractivity contribution is -0.00948. The summed E-state index contributed by atoms with van der Waals surface area (Å²) in [6, 6.07) is 14.7. The van der Waals surface area contributed by atoms with Gasteiger partial charge in [-0.15, -0.1) is 0 Å². The van der Waals surface area contributed by atoms with Crippen LogP contribution < -0.4 is 20.2 Å². The van der Waals surface area contributed by atoms with Gasteiger partial charge in [0.05, 0.1) is 31.6 Å². The molecule has 228 valence electrons. The monoisotopic (exact) mass is 606 g/mol. The van der Waals surface area contributed by atoms with Crippen LogP contribution in [-0.4, -0.2) is 67.5 Å². The molecule has 11 nitrogen and oxygen atoms in total. The fourth-order valence-electron chi connectivity index (χ4n) is 5.48. The average Bonchev–Trinajstić information content (AvgIpc) is 3.66. The SMILES string of the molecule is COc1ccc(F)cc1N1CCN(c2ccc(-n3cnn(CC(O)(Cn4cncn4)c4ccc(F)cc4F)c3=O)cc2)CC1. The van der Waals surface area contributed by atoms with Crippen molar-refractivity contribution in [1.29, 1.82) is 0 Å². The van der Waals surface area contributed by atoms with Crippen molar-refractivity contribution in [2.24, 2.45) is 0 Å². The van der Waals surface area contributed by atoms with Gasteiger partial charge in [-0.1, -0.05) is 6.07 Å². The third-order valence-electron chi connectivity index (χ3n) is 7.72. The summed E-state index contributed by atoms with van der Waals surface area (Å²) in [4.78, 5) is 21.5. The number of ether oxygens (including phenoxy) is 1. The van der Waals surface area contributed by atoms with Crippen LogP contribution in [0.4, 0.5) is 24.5 Å². The molecule has 44 heavy (non-hydrogen) atoms. The summed E-state index contributed by atoms with van der Waals surface area (Å²) < 4.78 is 51.4. The molecule has 3 heterocycles. The van der Waals surface area contributed by atoms with E-state index in [0.717, 1.165) is 22.5 Å². The molecule has 14 heteroatoms. The minimum Gasteiger partial charge on any atom is -0.495 e. The number of nitrogens with zero attached hydrogens (tertiary/aromatic N) is 8. The van der Waals surface area contributed by atoms with Crippen LogP contribution in [0.3, 0.4) is 0 Å². The molecule has 1 fully saturated rings. The highest BCUT2D eigenvalue weighted by molar-refractivity contribution is 5.60. The quantitative estimate of drug-likeness (QED) is 0.273. The molecular formula is C30H29F3N8O3. The van der Waals surface area contributed by atoms with Crippen LogP contribution >= 0.6 is 0 Å². The molecule has 0 radical (unpaired) electrons. The van der Waals surface area contributed by atoms with E-state index >= 15 is 0 Å². The van der Waals surface area contributed by atoms with E-state index in [9.17, 15) is 23.1 Å². The van der Waals surface area contributed by atoms with E-state index in [2.05, 4.69) is 25.0 Å². The van der Waals surface area contributed by atoms with Crippen LogP contribution in [0.15, 0.2) is 84.4 Å². The van der Waals surface area contributed by atoms with Crippen LogP contribution in [0.2, 0.25) is 0 Å². The molecule has 2 aromatic heterocycles. The summed E-state index contributed by atoms with van der Waals surface area (Å²) in [5.74, 6) is -1.46. The predicted molar refractivity (Wildman–Crippen MR) is 155 cm³/mol. The van der Waals surface area contributed by atoms with Crippen LogP contribution in [0, 0.1) is 17.5 Å². The smallest absolute Gasteiger partial charge is 0.350 e. The lowest BCUT2D eigenvalue weighted by Crippen LogP contribution is -2.46. The number of aliphatic hydroxyl groups is 1. The van der Waals surface area contributed by atoms with Crippen molar-refractivity contribution in [3.63, 3.8) is 0 Å². The Balaban J connectivity index is 1.18. The fraction of sp³-hybridized carbons (Fsp3) is 0.267. The van der Waals surface area contributed by atoms with Crippen molar-refractivity contribution >= 4 is 11.4 Å². The highest BCUT2D eigenvalue weighted by atomic mass is 19.1. The van der Waals surface area contributed by atoms with Crippen molar-refractivity contribution in [2.75, 3.05) is 43.1 Å². The summed E-state index contributed by atoms with van der Waals surface area (Å²) >= 11 is 0. The standard InChI is InChI=1S/C30H29F3N8O3/c1-44-28-9-3-22(32)15-27(28)38-12-10-37(11-13-38)23-4-6-24(7-5-23)40-20-36-41(29(40)42)17-30(43,16-39-19-34-18-35-39)25-8-2-21(31)14-26(25)33/h2-9,14-15,18-20,43H,10-13,16-17H2,1H3. The van der Waals surface area contributed by atoms with Gasteiger partial charge in [-0.25, -0.2) is 36.9 Å². The van der Waals surface area contributed by atoms with Crippen LogP contribution in [0.25, 0.3) is 5.69 Å². The van der Waals surface area contributed by atoms with Gasteiger partial charge in [0.1, 0.15) is 47.8 Å². The topological polar surface area (TPSA) is 106 Å². The van der Waals surface area contributed by atoms with Gasteiger partial charge in [0, 0.05) is 49.6 Å². The Morgan fingerprint density at radius 3 is 2.20 bits per heavy atom. The summed E-state index contributed by atoms with van der Waals surface area (Å²) in [5.41, 5.74) is -0.564. The summed E-state index contributed by atoms with van der Waals surface area (Å²) in [6.45, 7) is 2.03. The lowest BCUT2D eigenvalue weighted by atomic mass is 9.93. The van der Waals surface area contributed by atoms with Gasteiger partial charge < -0.3 is 19.6 Å². The van der Waals surface area contributed by atoms with Crippen molar-refractivity contribution in [2.45, 2.75) is 18.7 Å². The Kier molecular flexibility index (Phi) is 7.82. The first-order chi connectivity index (χ1) is 21.2. The molecule has 3 aromatic carbocycles. The first-order valence-corrected chi connectivity index (χ1v) is 13.8. The maximum atomic E-state index is 14.8. The zero-order valence-electron chi connectivity index (χ0n) is 23.7. The molecule has 0 amide bonds. The Morgan fingerprint density at radius 1 is 0.841 bits per heavy atom. The van der Waals surface area contributed by atoms with E-state index < -0.39 is 29.5 Å². The van der Waals surface area contributed by atoms with Gasteiger partial charge in [-0.05, 0) is 42.5 Å². The van der Waals surface area contributed by atoms with Gasteiger partial charge in [0.2, 0.25) is 0 Å². The molecule has 1 unspecified atom stereocenters. The fourth-order valence-corrected chi connectivity index (χ4v) is 5.48. The number of piperazine rings is 1. The highest BCUT2D eigenvalue weighted by Gasteiger charge is 2.35. The molecule has 1 aliphatic rings. The third kappa shape index (κ3) is 5.75. The van der Waals surface area contributed by atoms with E-state index in [1.165, 1.54) is 40.4 Å². The minimum atomic E-state index is -2.00. The predicted octanol–water partition coefficient (Wildman–Crippen LogP) is 2.97. The molecular weight excluding hydrogens is 577 g/mol. The van der Waals surface area contributed by atoms with Gasteiger partial charge in [0.25, 0.3) is 0 Å². The lowest BCUT2D eigenvalue weighted by Gasteiger charge is -2.37. The number of hydrogen-bond acceptors (Lipinski definition) is 8. The largest absolute Gasteiger partial charge is 0.495 e. The van der Waals surface area contributed by atoms with Crippen molar-refractivity contribution in [1.82, 2.24) is 29.1 Å². The normalized spacial score (nSPS) is 14.9. The molecule has 1 atom stereocenters. The van der Waals surface area contributed by atoms with Gasteiger partial charge >= 0.3 is 5.69 Å². The minimum absolute atomic E-state index is 0.212. The second kappa shape index (κ2) is 11.9. The summed E-state index contributed by atoms with van der Waals surface area (Å²) in [6.07, 6.45) is 3.92. The highest BCUT2D eigenvalue weighted by Crippen LogP contribution is 2.31. The molecule has 0 spiro atoms. The molecule has 1 saturated heterocycles. The van der Waals surface area contributed by atoms with Gasteiger partial charge in [0.15, 0.2) is 0 Å². The van der Waals surface area contributed by atoms with Crippen molar-refractivity contribution in [3.05, 3.63) is 113 Å². The summed E-state index contributed by atoms with van der Waals surface area (Å²) in [7, 11) is 1.56. The van der Waals surface area contributed by atoms with Gasteiger partial charge in [-0.2, -0.15) is 10.2 Å². The number of benzene rings is 3. The van der Waals surface area contributed by atoms with Crippen molar-refractivity contribution in [3.8, 4) is 11.4 Å². The van der Waals surface area contributed by atoms with Crippen LogP contribution in [0.1, 0.15) is 5.56 Å². The van der Waals surface area contributed by atoms with Crippen molar-refractivity contribution < 1.29 is 23.0 Å². The number of hydrogen-bond donors (Lipinski definition) is 1. The number of aromatic nitrogens is 6. The molecule has 6 rings (SSSR count). The molecule has 5 aromatic rings. The number of anilines is 2. The molecule has 1 N–H and O–H groups in total. The van der Waals surface area contributed by atoms with E-state index in [0.29, 0.717) is 49.4 Å².